The monoisotopic (exact) mass is 444 g/mol. The van der Waals surface area contributed by atoms with Gasteiger partial charge in [0.25, 0.3) is 10.0 Å². The van der Waals surface area contributed by atoms with Crippen LogP contribution >= 0.6 is 0 Å². The number of carbonyl (C=O) groups is 1. The van der Waals surface area contributed by atoms with E-state index < -0.39 is 15.8 Å². The van der Waals surface area contributed by atoms with E-state index in [1.165, 1.54) is 56.7 Å². The van der Waals surface area contributed by atoms with Gasteiger partial charge in [0.05, 0.1) is 31.2 Å². The third kappa shape index (κ3) is 5.52. The topological polar surface area (TPSA) is 93.7 Å². The Balaban J connectivity index is 1.66. The quantitative estimate of drug-likeness (QED) is 0.551. The summed E-state index contributed by atoms with van der Waals surface area (Å²) < 4.78 is 51.2. The standard InChI is InChI=1S/C22H21FN2O5S/c1-29-20-12-7-15(13-21(20)30-2)14-22(26)24-16-8-10-17(11-9-16)31(27,28)25-19-6-4-3-5-18(19)23/h3-13,25H,14H2,1-2H3,(H,24,26). The molecule has 3 aromatic rings. The number of hydrogen-bond donors (Lipinski definition) is 2. The average molecular weight is 444 g/mol. The van der Waals surface area contributed by atoms with Crippen molar-refractivity contribution in [3.05, 3.63) is 78.1 Å². The van der Waals surface area contributed by atoms with Gasteiger partial charge in [-0.1, -0.05) is 18.2 Å². The first-order chi connectivity index (χ1) is 14.8. The Morgan fingerprint density at radius 1 is 0.935 bits per heavy atom. The zero-order chi connectivity index (χ0) is 22.4. The van der Waals surface area contributed by atoms with E-state index in [0.29, 0.717) is 17.2 Å². The Morgan fingerprint density at radius 2 is 1.61 bits per heavy atom. The molecule has 0 bridgehead atoms. The lowest BCUT2D eigenvalue weighted by molar-refractivity contribution is -0.115. The fourth-order valence-corrected chi connectivity index (χ4v) is 3.91. The maximum absolute atomic E-state index is 13.7. The fraction of sp³-hybridized carbons (Fsp3) is 0.136. The molecule has 0 unspecified atom stereocenters. The molecule has 0 aliphatic rings. The van der Waals surface area contributed by atoms with Gasteiger partial charge in [0.2, 0.25) is 5.91 Å². The molecule has 7 nitrogen and oxygen atoms in total. The van der Waals surface area contributed by atoms with Crippen LogP contribution in [-0.2, 0) is 21.2 Å². The van der Waals surface area contributed by atoms with Crippen LogP contribution < -0.4 is 19.5 Å². The molecule has 1 amide bonds. The highest BCUT2D eigenvalue weighted by atomic mass is 32.2. The summed E-state index contributed by atoms with van der Waals surface area (Å²) in [6.45, 7) is 0. The number of sulfonamides is 1. The van der Waals surface area contributed by atoms with Crippen molar-refractivity contribution in [2.45, 2.75) is 11.3 Å². The van der Waals surface area contributed by atoms with Gasteiger partial charge in [-0.25, -0.2) is 12.8 Å². The van der Waals surface area contributed by atoms with Gasteiger partial charge >= 0.3 is 0 Å². The lowest BCUT2D eigenvalue weighted by atomic mass is 10.1. The number of benzene rings is 3. The number of halogens is 1. The van der Waals surface area contributed by atoms with Crippen LogP contribution in [0.1, 0.15) is 5.56 Å². The Kier molecular flexibility index (Phi) is 6.76. The molecule has 0 aliphatic carbocycles. The third-order valence-corrected chi connectivity index (χ3v) is 5.76. The lowest BCUT2D eigenvalue weighted by Gasteiger charge is -2.11. The van der Waals surface area contributed by atoms with Crippen molar-refractivity contribution in [3.8, 4) is 11.5 Å². The normalized spacial score (nSPS) is 10.9. The highest BCUT2D eigenvalue weighted by Crippen LogP contribution is 2.28. The van der Waals surface area contributed by atoms with Gasteiger partial charge < -0.3 is 14.8 Å². The van der Waals surface area contributed by atoms with Gasteiger partial charge in [0.1, 0.15) is 5.82 Å². The summed E-state index contributed by atoms with van der Waals surface area (Å²) in [5.41, 5.74) is 1.01. The molecule has 0 heterocycles. The fourth-order valence-electron chi connectivity index (χ4n) is 2.85. The van der Waals surface area contributed by atoms with Crippen LogP contribution in [0.2, 0.25) is 0 Å². The predicted octanol–water partition coefficient (Wildman–Crippen LogP) is 3.82. The van der Waals surface area contributed by atoms with Gasteiger partial charge in [0, 0.05) is 5.69 Å². The van der Waals surface area contributed by atoms with Crippen LogP contribution in [0.4, 0.5) is 15.8 Å². The van der Waals surface area contributed by atoms with Crippen molar-refractivity contribution in [1.82, 2.24) is 0 Å². The first-order valence-electron chi connectivity index (χ1n) is 9.20. The number of nitrogens with one attached hydrogen (secondary N) is 2. The molecule has 0 fully saturated rings. The molecule has 0 saturated heterocycles. The Morgan fingerprint density at radius 3 is 2.26 bits per heavy atom. The Hall–Kier alpha value is -3.59. The van der Waals surface area contributed by atoms with Gasteiger partial charge in [-0.2, -0.15) is 0 Å². The third-order valence-electron chi connectivity index (χ3n) is 4.38. The van der Waals surface area contributed by atoms with Crippen molar-refractivity contribution < 1.29 is 27.1 Å². The molecular formula is C22H21FN2O5S. The van der Waals surface area contributed by atoms with E-state index >= 15 is 0 Å². The first-order valence-corrected chi connectivity index (χ1v) is 10.7. The second kappa shape index (κ2) is 9.48. The molecule has 0 saturated carbocycles. The van der Waals surface area contributed by atoms with Crippen LogP contribution in [0.25, 0.3) is 0 Å². The second-order valence-electron chi connectivity index (χ2n) is 6.52. The molecule has 0 radical (unpaired) electrons. The van der Waals surface area contributed by atoms with Crippen LogP contribution in [-0.4, -0.2) is 28.5 Å². The minimum absolute atomic E-state index is 0.0614. The predicted molar refractivity (Wildman–Crippen MR) is 116 cm³/mol. The minimum Gasteiger partial charge on any atom is -0.493 e. The molecule has 9 heteroatoms. The van der Waals surface area contributed by atoms with E-state index in [1.54, 1.807) is 18.2 Å². The van der Waals surface area contributed by atoms with Crippen LogP contribution in [0.3, 0.4) is 0 Å². The highest BCUT2D eigenvalue weighted by Gasteiger charge is 2.16. The molecule has 0 aromatic heterocycles. The second-order valence-corrected chi connectivity index (χ2v) is 8.21. The van der Waals surface area contributed by atoms with Crippen molar-refractivity contribution in [1.29, 1.82) is 0 Å². The number of methoxy groups -OCH3 is 2. The molecule has 162 valence electrons. The summed E-state index contributed by atoms with van der Waals surface area (Å²) in [7, 11) is -0.932. The molecule has 0 aliphatic heterocycles. The highest BCUT2D eigenvalue weighted by molar-refractivity contribution is 7.92. The van der Waals surface area contributed by atoms with Crippen molar-refractivity contribution in [2.75, 3.05) is 24.3 Å². The lowest BCUT2D eigenvalue weighted by Crippen LogP contribution is -2.16. The number of carbonyl (C=O) groups excluding carboxylic acids is 1. The van der Waals surface area contributed by atoms with Crippen LogP contribution in [0.15, 0.2) is 71.6 Å². The minimum atomic E-state index is -3.97. The summed E-state index contributed by atoms with van der Waals surface area (Å²) in [5, 5.41) is 2.71. The summed E-state index contributed by atoms with van der Waals surface area (Å²) >= 11 is 0. The first kappa shape index (κ1) is 22.1. The molecular weight excluding hydrogens is 423 g/mol. The Labute approximate surface area is 179 Å². The Bertz CT molecular complexity index is 1180. The maximum atomic E-state index is 13.7. The molecule has 3 aromatic carbocycles. The van der Waals surface area contributed by atoms with E-state index in [-0.39, 0.29) is 22.9 Å². The summed E-state index contributed by atoms with van der Waals surface area (Å²) in [6.07, 6.45) is 0.0925. The van der Waals surface area contributed by atoms with E-state index in [0.717, 1.165) is 11.6 Å². The number of rotatable bonds is 8. The molecule has 0 spiro atoms. The molecule has 0 atom stereocenters. The van der Waals surface area contributed by atoms with Gasteiger partial charge in [-0.05, 0) is 54.1 Å². The smallest absolute Gasteiger partial charge is 0.261 e. The number of hydrogen-bond acceptors (Lipinski definition) is 5. The van der Waals surface area contributed by atoms with E-state index in [2.05, 4.69) is 10.0 Å². The van der Waals surface area contributed by atoms with E-state index in [9.17, 15) is 17.6 Å². The van der Waals surface area contributed by atoms with Gasteiger partial charge in [-0.15, -0.1) is 0 Å². The van der Waals surface area contributed by atoms with Crippen molar-refractivity contribution in [3.63, 3.8) is 0 Å². The number of ether oxygens (including phenoxy) is 2. The van der Waals surface area contributed by atoms with E-state index in [1.807, 2.05) is 0 Å². The number of para-hydroxylation sites is 1. The van der Waals surface area contributed by atoms with Gasteiger partial charge in [0.15, 0.2) is 11.5 Å². The molecule has 3 rings (SSSR count). The zero-order valence-electron chi connectivity index (χ0n) is 16.9. The molecule has 31 heavy (non-hydrogen) atoms. The maximum Gasteiger partial charge on any atom is 0.261 e. The largest absolute Gasteiger partial charge is 0.493 e. The van der Waals surface area contributed by atoms with Crippen molar-refractivity contribution >= 4 is 27.3 Å². The van der Waals surface area contributed by atoms with E-state index in [4.69, 9.17) is 9.47 Å². The average Bonchev–Trinajstić information content (AvgIpc) is 2.75. The number of amides is 1. The summed E-state index contributed by atoms with van der Waals surface area (Å²) in [4.78, 5) is 12.3. The van der Waals surface area contributed by atoms with Gasteiger partial charge in [-0.3, -0.25) is 9.52 Å². The molecule has 2 N–H and O–H groups in total. The summed E-state index contributed by atoms with van der Waals surface area (Å²) in [5.74, 6) is 0.120. The van der Waals surface area contributed by atoms with Crippen molar-refractivity contribution in [2.24, 2.45) is 0 Å². The SMILES string of the molecule is COc1ccc(CC(=O)Nc2ccc(S(=O)(=O)Nc3ccccc3F)cc2)cc1OC. The number of anilines is 2. The zero-order valence-corrected chi connectivity index (χ0v) is 17.7. The van der Waals surface area contributed by atoms with Crippen LogP contribution in [0.5, 0.6) is 11.5 Å². The van der Waals surface area contributed by atoms with Crippen LogP contribution in [0, 0.1) is 5.82 Å². The summed E-state index contributed by atoms with van der Waals surface area (Å²) in [6, 6.07) is 16.2.